The van der Waals surface area contributed by atoms with E-state index in [-0.39, 0.29) is 0 Å². The molecule has 0 aliphatic rings. The Labute approximate surface area is 130 Å². The number of aryl methyl sites for hydroxylation is 1. The number of ether oxygens (including phenoxy) is 2. The van der Waals surface area contributed by atoms with Gasteiger partial charge >= 0.3 is 0 Å². The highest BCUT2D eigenvalue weighted by atomic mass is 16.5. The van der Waals surface area contributed by atoms with Crippen LogP contribution in [0.5, 0.6) is 11.5 Å². The van der Waals surface area contributed by atoms with Crippen molar-refractivity contribution in [1.29, 1.82) is 0 Å². The summed E-state index contributed by atoms with van der Waals surface area (Å²) >= 11 is 0. The monoisotopic (exact) mass is 296 g/mol. The molecule has 0 saturated carbocycles. The Bertz CT molecular complexity index is 793. The molecule has 1 heterocycles. The second kappa shape index (κ2) is 6.12. The molecule has 0 saturated heterocycles. The van der Waals surface area contributed by atoms with Crippen LogP contribution in [0.15, 0.2) is 48.7 Å². The average molecular weight is 296 g/mol. The summed E-state index contributed by atoms with van der Waals surface area (Å²) < 4.78 is 13.4. The molecule has 0 amide bonds. The molecule has 22 heavy (non-hydrogen) atoms. The van der Waals surface area contributed by atoms with Crippen LogP contribution in [0.25, 0.3) is 10.9 Å². The highest BCUT2D eigenvalue weighted by molar-refractivity contribution is 5.86. The topological polar surface area (TPSA) is 49.4 Å². The predicted molar refractivity (Wildman–Crippen MR) is 88.1 cm³/mol. The Kier molecular flexibility index (Phi) is 4.02. The molecule has 114 valence electrons. The first-order valence-electron chi connectivity index (χ1n) is 7.26. The summed E-state index contributed by atoms with van der Waals surface area (Å²) in [4.78, 5) is 0. The normalized spacial score (nSPS) is 10.9. The molecule has 0 radical (unpaired) electrons. The van der Waals surface area contributed by atoms with Crippen LogP contribution in [0.2, 0.25) is 0 Å². The van der Waals surface area contributed by atoms with Crippen LogP contribution in [-0.2, 0) is 20.2 Å². The van der Waals surface area contributed by atoms with Crippen LogP contribution in [-0.4, -0.2) is 11.7 Å². The second-order valence-corrected chi connectivity index (χ2v) is 5.22. The number of benzene rings is 2. The fourth-order valence-electron chi connectivity index (χ4n) is 2.81. The molecule has 0 bridgehead atoms. The molecule has 0 spiro atoms. The lowest BCUT2D eigenvalue weighted by Crippen LogP contribution is -1.99. The molecule has 4 heteroatoms. The van der Waals surface area contributed by atoms with E-state index in [1.54, 1.807) is 7.11 Å². The van der Waals surface area contributed by atoms with Gasteiger partial charge < -0.3 is 19.8 Å². The third kappa shape index (κ3) is 2.53. The van der Waals surface area contributed by atoms with Gasteiger partial charge in [-0.25, -0.2) is 0 Å². The van der Waals surface area contributed by atoms with E-state index >= 15 is 0 Å². The van der Waals surface area contributed by atoms with Crippen LogP contribution < -0.4 is 15.2 Å². The minimum absolute atomic E-state index is 0.492. The maximum absolute atomic E-state index is 5.94. The summed E-state index contributed by atoms with van der Waals surface area (Å²) in [5.41, 5.74) is 9.29. The van der Waals surface area contributed by atoms with Gasteiger partial charge in [0.2, 0.25) is 0 Å². The van der Waals surface area contributed by atoms with Gasteiger partial charge in [-0.3, -0.25) is 0 Å². The molecule has 0 aliphatic carbocycles. The SMILES string of the molecule is COc1ccccc1OCc1cn(C)c2c(CN)cccc12. The Morgan fingerprint density at radius 3 is 2.50 bits per heavy atom. The van der Waals surface area contributed by atoms with Crippen molar-refractivity contribution in [3.05, 3.63) is 59.8 Å². The number of hydrogen-bond acceptors (Lipinski definition) is 3. The zero-order chi connectivity index (χ0) is 15.5. The fourth-order valence-corrected chi connectivity index (χ4v) is 2.81. The van der Waals surface area contributed by atoms with Crippen LogP contribution >= 0.6 is 0 Å². The highest BCUT2D eigenvalue weighted by Crippen LogP contribution is 2.29. The van der Waals surface area contributed by atoms with Gasteiger partial charge in [0.15, 0.2) is 11.5 Å². The first-order valence-corrected chi connectivity index (χ1v) is 7.26. The molecule has 3 rings (SSSR count). The first-order chi connectivity index (χ1) is 10.7. The van der Waals surface area contributed by atoms with Crippen molar-refractivity contribution in [2.75, 3.05) is 7.11 Å². The second-order valence-electron chi connectivity index (χ2n) is 5.22. The maximum Gasteiger partial charge on any atom is 0.161 e. The summed E-state index contributed by atoms with van der Waals surface area (Å²) in [5, 5.41) is 1.18. The lowest BCUT2D eigenvalue weighted by Gasteiger charge is -2.09. The number of aromatic nitrogens is 1. The van der Waals surface area contributed by atoms with E-state index < -0.39 is 0 Å². The highest BCUT2D eigenvalue weighted by Gasteiger charge is 2.11. The Morgan fingerprint density at radius 2 is 1.77 bits per heavy atom. The number of hydrogen-bond donors (Lipinski definition) is 1. The van der Waals surface area contributed by atoms with Crippen molar-refractivity contribution in [2.24, 2.45) is 12.8 Å². The lowest BCUT2D eigenvalue weighted by atomic mass is 10.1. The molecule has 1 aromatic heterocycles. The molecule has 2 aromatic carbocycles. The van der Waals surface area contributed by atoms with Crippen LogP contribution in [0.1, 0.15) is 11.1 Å². The standard InChI is InChI=1S/C18H20N2O2/c1-20-11-14(15-7-5-6-13(10-19)18(15)20)12-22-17-9-4-3-8-16(17)21-2/h3-9,11H,10,12,19H2,1-2H3. The average Bonchev–Trinajstić information content (AvgIpc) is 2.89. The van der Waals surface area contributed by atoms with E-state index in [0.717, 1.165) is 22.6 Å². The van der Waals surface area contributed by atoms with Gasteiger partial charge in [-0.05, 0) is 17.7 Å². The molecule has 0 aliphatic heterocycles. The van der Waals surface area contributed by atoms with Crippen molar-refractivity contribution in [3.8, 4) is 11.5 Å². The van der Waals surface area contributed by atoms with Gasteiger partial charge in [-0.15, -0.1) is 0 Å². The molecular formula is C18H20N2O2. The number of fused-ring (bicyclic) bond motifs is 1. The summed E-state index contributed by atoms with van der Waals surface area (Å²) in [7, 11) is 3.68. The largest absolute Gasteiger partial charge is 0.493 e. The van der Waals surface area contributed by atoms with E-state index in [1.807, 2.05) is 37.4 Å². The Morgan fingerprint density at radius 1 is 1.00 bits per heavy atom. The summed E-state index contributed by atoms with van der Waals surface area (Å²) in [6, 6.07) is 13.9. The third-order valence-electron chi connectivity index (χ3n) is 3.84. The molecule has 3 aromatic rings. The number of nitrogens with zero attached hydrogens (tertiary/aromatic N) is 1. The van der Waals surface area contributed by atoms with Gasteiger partial charge in [0.25, 0.3) is 0 Å². The van der Waals surface area contributed by atoms with Gasteiger partial charge in [0.05, 0.1) is 12.6 Å². The molecule has 2 N–H and O–H groups in total. The summed E-state index contributed by atoms with van der Waals surface area (Å²) in [5.74, 6) is 1.49. The van der Waals surface area contributed by atoms with Gasteiger partial charge in [-0.2, -0.15) is 0 Å². The van der Waals surface area contributed by atoms with E-state index in [4.69, 9.17) is 15.2 Å². The number of rotatable bonds is 5. The third-order valence-corrected chi connectivity index (χ3v) is 3.84. The van der Waals surface area contributed by atoms with Crippen LogP contribution in [0.3, 0.4) is 0 Å². The van der Waals surface area contributed by atoms with Crippen molar-refractivity contribution in [3.63, 3.8) is 0 Å². The zero-order valence-corrected chi connectivity index (χ0v) is 12.9. The molecule has 4 nitrogen and oxygen atoms in total. The van der Waals surface area contributed by atoms with Crippen molar-refractivity contribution in [2.45, 2.75) is 13.2 Å². The molecular weight excluding hydrogens is 276 g/mol. The maximum atomic E-state index is 5.94. The van der Waals surface area contributed by atoms with Gasteiger partial charge in [0, 0.05) is 30.7 Å². The van der Waals surface area contributed by atoms with E-state index in [9.17, 15) is 0 Å². The van der Waals surface area contributed by atoms with Crippen molar-refractivity contribution >= 4 is 10.9 Å². The smallest absolute Gasteiger partial charge is 0.161 e. The lowest BCUT2D eigenvalue weighted by molar-refractivity contribution is 0.285. The van der Waals surface area contributed by atoms with Crippen molar-refractivity contribution in [1.82, 2.24) is 4.57 Å². The molecule has 0 fully saturated rings. The fraction of sp³-hybridized carbons (Fsp3) is 0.222. The van der Waals surface area contributed by atoms with Gasteiger partial charge in [-0.1, -0.05) is 30.3 Å². The quantitative estimate of drug-likeness (QED) is 0.786. The Balaban J connectivity index is 1.92. The summed E-state index contributed by atoms with van der Waals surface area (Å²) in [6.45, 7) is 1.02. The minimum atomic E-state index is 0.492. The number of methoxy groups -OCH3 is 1. The Hall–Kier alpha value is -2.46. The number of para-hydroxylation sites is 3. The van der Waals surface area contributed by atoms with E-state index in [0.29, 0.717) is 13.2 Å². The van der Waals surface area contributed by atoms with E-state index in [2.05, 4.69) is 22.9 Å². The molecule has 0 unspecified atom stereocenters. The van der Waals surface area contributed by atoms with Gasteiger partial charge in [0.1, 0.15) is 6.61 Å². The first kappa shape index (κ1) is 14.5. The molecule has 0 atom stereocenters. The zero-order valence-electron chi connectivity index (χ0n) is 12.9. The predicted octanol–water partition coefficient (Wildman–Crippen LogP) is 3.22. The van der Waals surface area contributed by atoms with E-state index in [1.165, 1.54) is 10.9 Å². The summed E-state index contributed by atoms with van der Waals surface area (Å²) in [6.07, 6.45) is 2.10. The minimum Gasteiger partial charge on any atom is -0.493 e. The van der Waals surface area contributed by atoms with Crippen LogP contribution in [0.4, 0.5) is 0 Å². The van der Waals surface area contributed by atoms with Crippen LogP contribution in [0, 0.1) is 0 Å². The van der Waals surface area contributed by atoms with Crippen molar-refractivity contribution < 1.29 is 9.47 Å². The number of nitrogens with two attached hydrogens (primary N) is 1.